The zero-order valence-electron chi connectivity index (χ0n) is 8.14. The van der Waals surface area contributed by atoms with Gasteiger partial charge in [-0.15, -0.1) is 0 Å². The summed E-state index contributed by atoms with van der Waals surface area (Å²) in [7, 11) is 0. The lowest BCUT2D eigenvalue weighted by molar-refractivity contribution is 0.112. The maximum absolute atomic E-state index is 10.7. The van der Waals surface area contributed by atoms with Gasteiger partial charge in [-0.3, -0.25) is 4.79 Å². The third-order valence-corrected chi connectivity index (χ3v) is 3.08. The van der Waals surface area contributed by atoms with Crippen LogP contribution >= 0.6 is 22.6 Å². The molecule has 0 aliphatic heterocycles. The Bertz CT molecular complexity index is 505. The summed E-state index contributed by atoms with van der Waals surface area (Å²) >= 11 is 2.25. The van der Waals surface area contributed by atoms with E-state index in [0.29, 0.717) is 5.56 Å². The fourth-order valence-electron chi connectivity index (χ4n) is 1.35. The summed E-state index contributed by atoms with van der Waals surface area (Å²) in [5.74, 6) is 0. The molecule has 0 amide bonds. The fraction of sp³-hybridized carbons (Fsp3) is 0.0909. The number of rotatable bonds is 2. The number of aromatic nitrogens is 2. The highest BCUT2D eigenvalue weighted by Gasteiger charge is 2.06. The summed E-state index contributed by atoms with van der Waals surface area (Å²) in [6.07, 6.45) is 2.58. The van der Waals surface area contributed by atoms with E-state index in [-0.39, 0.29) is 0 Å². The summed E-state index contributed by atoms with van der Waals surface area (Å²) in [5.41, 5.74) is 2.38. The van der Waals surface area contributed by atoms with Gasteiger partial charge in [-0.1, -0.05) is 12.1 Å². The quantitative estimate of drug-likeness (QED) is 0.631. The molecule has 0 unspecified atom stereocenters. The van der Waals surface area contributed by atoms with Crippen LogP contribution in [0, 0.1) is 10.5 Å². The zero-order valence-corrected chi connectivity index (χ0v) is 10.3. The molecule has 0 saturated heterocycles. The van der Waals surface area contributed by atoms with E-state index in [1.165, 1.54) is 0 Å². The number of benzene rings is 1. The Kier molecular flexibility index (Phi) is 2.86. The molecular weight excluding hydrogens is 303 g/mol. The molecule has 1 aromatic carbocycles. The van der Waals surface area contributed by atoms with Gasteiger partial charge in [-0.05, 0) is 41.6 Å². The van der Waals surface area contributed by atoms with Gasteiger partial charge < -0.3 is 0 Å². The molecule has 1 heterocycles. The zero-order chi connectivity index (χ0) is 10.8. The molecular formula is C11H9IN2O. The molecule has 2 rings (SSSR count). The number of aldehydes is 1. The summed E-state index contributed by atoms with van der Waals surface area (Å²) in [4.78, 5) is 10.7. The monoisotopic (exact) mass is 312 g/mol. The second-order valence-electron chi connectivity index (χ2n) is 3.18. The van der Waals surface area contributed by atoms with E-state index in [0.717, 1.165) is 21.2 Å². The van der Waals surface area contributed by atoms with Crippen LogP contribution in [0.2, 0.25) is 0 Å². The van der Waals surface area contributed by atoms with Crippen molar-refractivity contribution in [3.63, 3.8) is 0 Å². The van der Waals surface area contributed by atoms with Gasteiger partial charge in [-0.2, -0.15) is 5.10 Å². The van der Waals surface area contributed by atoms with E-state index in [9.17, 15) is 4.79 Å². The molecule has 76 valence electrons. The average molecular weight is 312 g/mol. The second kappa shape index (κ2) is 4.14. The van der Waals surface area contributed by atoms with Crippen molar-refractivity contribution in [2.24, 2.45) is 0 Å². The van der Waals surface area contributed by atoms with Crippen molar-refractivity contribution in [2.45, 2.75) is 6.92 Å². The molecule has 0 aliphatic carbocycles. The van der Waals surface area contributed by atoms with Crippen LogP contribution < -0.4 is 0 Å². The van der Waals surface area contributed by atoms with Crippen LogP contribution in [0.25, 0.3) is 5.69 Å². The fourth-order valence-corrected chi connectivity index (χ4v) is 1.98. The summed E-state index contributed by atoms with van der Waals surface area (Å²) in [6.45, 7) is 1.83. The minimum atomic E-state index is 0.634. The second-order valence-corrected chi connectivity index (χ2v) is 4.35. The van der Waals surface area contributed by atoms with Crippen LogP contribution in [-0.4, -0.2) is 16.1 Å². The van der Waals surface area contributed by atoms with Crippen molar-refractivity contribution < 1.29 is 4.79 Å². The van der Waals surface area contributed by atoms with Crippen LogP contribution in [0.4, 0.5) is 0 Å². The van der Waals surface area contributed by atoms with Crippen molar-refractivity contribution in [1.82, 2.24) is 9.78 Å². The van der Waals surface area contributed by atoms with Gasteiger partial charge in [-0.25, -0.2) is 4.68 Å². The lowest BCUT2D eigenvalue weighted by Crippen LogP contribution is -1.97. The molecule has 0 atom stereocenters. The molecule has 3 nitrogen and oxygen atoms in total. The molecule has 0 radical (unpaired) electrons. The van der Waals surface area contributed by atoms with Crippen molar-refractivity contribution in [2.75, 3.05) is 0 Å². The number of hydrogen-bond acceptors (Lipinski definition) is 2. The smallest absolute Gasteiger partial charge is 0.153 e. The van der Waals surface area contributed by atoms with Crippen LogP contribution in [-0.2, 0) is 0 Å². The highest BCUT2D eigenvalue weighted by Crippen LogP contribution is 2.17. The standard InChI is InChI=1S/C11H9IN2O/c1-8-9(7-15)6-14(13-8)11-5-3-2-4-10(11)12/h2-7H,1H3. The first-order valence-electron chi connectivity index (χ1n) is 4.48. The number of carbonyl (C=O) groups excluding carboxylic acids is 1. The van der Waals surface area contributed by atoms with E-state index in [1.807, 2.05) is 31.2 Å². The molecule has 4 heteroatoms. The SMILES string of the molecule is Cc1nn(-c2ccccc2I)cc1C=O. The number of hydrogen-bond donors (Lipinski definition) is 0. The van der Waals surface area contributed by atoms with Crippen molar-refractivity contribution in [3.05, 3.63) is 45.3 Å². The van der Waals surface area contributed by atoms with Gasteiger partial charge >= 0.3 is 0 Å². The first-order chi connectivity index (χ1) is 7.22. The highest BCUT2D eigenvalue weighted by molar-refractivity contribution is 14.1. The van der Waals surface area contributed by atoms with Crippen LogP contribution in [0.5, 0.6) is 0 Å². The van der Waals surface area contributed by atoms with Gasteiger partial charge in [0.25, 0.3) is 0 Å². The first kappa shape index (κ1) is 10.4. The third kappa shape index (κ3) is 1.94. The predicted molar refractivity (Wildman–Crippen MR) is 66.4 cm³/mol. The van der Waals surface area contributed by atoms with E-state index in [4.69, 9.17) is 0 Å². The minimum absolute atomic E-state index is 0.634. The van der Waals surface area contributed by atoms with E-state index < -0.39 is 0 Å². The summed E-state index contributed by atoms with van der Waals surface area (Å²) in [6, 6.07) is 7.91. The Hall–Kier alpha value is -1.17. The van der Waals surface area contributed by atoms with Gasteiger partial charge in [0.05, 0.1) is 16.9 Å². The van der Waals surface area contributed by atoms with Crippen molar-refractivity contribution in [1.29, 1.82) is 0 Å². The highest BCUT2D eigenvalue weighted by atomic mass is 127. The minimum Gasteiger partial charge on any atom is -0.298 e. The van der Waals surface area contributed by atoms with Crippen LogP contribution in [0.3, 0.4) is 0 Å². The third-order valence-electron chi connectivity index (χ3n) is 2.16. The molecule has 0 bridgehead atoms. The van der Waals surface area contributed by atoms with Gasteiger partial charge in [0.15, 0.2) is 6.29 Å². The molecule has 15 heavy (non-hydrogen) atoms. The molecule has 0 fully saturated rings. The lowest BCUT2D eigenvalue weighted by atomic mass is 10.3. The van der Waals surface area contributed by atoms with Crippen LogP contribution in [0.1, 0.15) is 16.1 Å². The largest absolute Gasteiger partial charge is 0.298 e. The Balaban J connectivity index is 2.55. The lowest BCUT2D eigenvalue weighted by Gasteiger charge is -2.02. The number of aryl methyl sites for hydroxylation is 1. The van der Waals surface area contributed by atoms with Crippen LogP contribution in [0.15, 0.2) is 30.5 Å². The number of carbonyl (C=O) groups is 1. The van der Waals surface area contributed by atoms with Gasteiger partial charge in [0.2, 0.25) is 0 Å². The Morgan fingerprint density at radius 3 is 2.73 bits per heavy atom. The topological polar surface area (TPSA) is 34.9 Å². The van der Waals surface area contributed by atoms with E-state index in [2.05, 4.69) is 27.7 Å². The normalized spacial score (nSPS) is 10.3. The maximum Gasteiger partial charge on any atom is 0.153 e. The number of para-hydroxylation sites is 1. The predicted octanol–water partition coefficient (Wildman–Crippen LogP) is 2.60. The van der Waals surface area contributed by atoms with Crippen molar-refractivity contribution >= 4 is 28.9 Å². The molecule has 0 N–H and O–H groups in total. The Labute approximate surface area is 101 Å². The molecule has 0 spiro atoms. The van der Waals surface area contributed by atoms with Gasteiger partial charge in [0, 0.05) is 9.77 Å². The average Bonchev–Trinajstić information content (AvgIpc) is 2.60. The molecule has 0 aliphatic rings. The number of halogens is 1. The maximum atomic E-state index is 10.7. The summed E-state index contributed by atoms with van der Waals surface area (Å²) in [5, 5.41) is 4.29. The van der Waals surface area contributed by atoms with Crippen molar-refractivity contribution in [3.8, 4) is 5.69 Å². The van der Waals surface area contributed by atoms with E-state index >= 15 is 0 Å². The summed E-state index contributed by atoms with van der Waals surface area (Å²) < 4.78 is 2.84. The Morgan fingerprint density at radius 1 is 1.40 bits per heavy atom. The molecule has 1 aromatic heterocycles. The van der Waals surface area contributed by atoms with Gasteiger partial charge in [0.1, 0.15) is 0 Å². The molecule has 2 aromatic rings. The number of nitrogens with zero attached hydrogens (tertiary/aromatic N) is 2. The first-order valence-corrected chi connectivity index (χ1v) is 5.56. The van der Waals surface area contributed by atoms with E-state index in [1.54, 1.807) is 10.9 Å². The Morgan fingerprint density at radius 2 is 2.13 bits per heavy atom. The molecule has 0 saturated carbocycles.